The van der Waals surface area contributed by atoms with Crippen LogP contribution in [-0.4, -0.2) is 47.1 Å². The molecule has 2 amide bonds. The number of nitrogens with zero attached hydrogens (tertiary/aromatic N) is 1. The van der Waals surface area contributed by atoms with Gasteiger partial charge in [0.05, 0.1) is 12.2 Å². The molecular weight excluding hydrogens is 529 g/mol. The molecule has 2 unspecified atom stereocenters. The summed E-state index contributed by atoms with van der Waals surface area (Å²) in [6, 6.07) is 3.86. The van der Waals surface area contributed by atoms with Crippen molar-refractivity contribution < 1.29 is 58.9 Å². The van der Waals surface area contributed by atoms with Crippen LogP contribution in [0.25, 0.3) is 0 Å². The Morgan fingerprint density at radius 1 is 1.03 bits per heavy atom. The minimum absolute atomic E-state index is 0.0518. The zero-order valence-electron chi connectivity index (χ0n) is 18.6. The number of amides is 2. The summed E-state index contributed by atoms with van der Waals surface area (Å²) in [5, 5.41) is 11.4. The van der Waals surface area contributed by atoms with Gasteiger partial charge in [-0.15, -0.1) is 0 Å². The Kier molecular flexibility index (Phi) is 8.55. The maximum atomic E-state index is 12.9. The number of aliphatic carboxylic acids is 1. The lowest BCUT2D eigenvalue weighted by Gasteiger charge is -2.39. The zero-order valence-corrected chi connectivity index (χ0v) is 18.6. The summed E-state index contributed by atoms with van der Waals surface area (Å²) >= 11 is 0. The number of fused-ring (bicyclic) bond motifs is 1. The number of ether oxygens (including phenoxy) is 1. The monoisotopic (exact) mass is 547 g/mol. The van der Waals surface area contributed by atoms with Crippen molar-refractivity contribution in [2.45, 2.75) is 43.5 Å². The number of carboxylic acids is 1. The molecule has 2 heterocycles. The van der Waals surface area contributed by atoms with Gasteiger partial charge < -0.3 is 20.5 Å². The third kappa shape index (κ3) is 7.39. The topological polar surface area (TPSA) is 101 Å². The van der Waals surface area contributed by atoms with Crippen LogP contribution >= 0.6 is 0 Å². The molecule has 1 aromatic heterocycles. The number of urea groups is 1. The molecule has 0 fully saturated rings. The van der Waals surface area contributed by atoms with Crippen molar-refractivity contribution in [3.63, 3.8) is 0 Å². The third-order valence-corrected chi connectivity index (χ3v) is 5.02. The van der Waals surface area contributed by atoms with Gasteiger partial charge in [0.15, 0.2) is 0 Å². The molecule has 0 spiro atoms. The first-order chi connectivity index (χ1) is 16.9. The Bertz CT molecular complexity index is 1100. The number of carbonyl (C=O) groups is 2. The number of pyridine rings is 1. The van der Waals surface area contributed by atoms with Crippen LogP contribution in [0.3, 0.4) is 0 Å². The molecule has 0 saturated heterocycles. The van der Waals surface area contributed by atoms with Gasteiger partial charge in [0.2, 0.25) is 0 Å². The van der Waals surface area contributed by atoms with Gasteiger partial charge in [-0.05, 0) is 36.8 Å². The Morgan fingerprint density at radius 2 is 1.59 bits per heavy atom. The molecule has 0 saturated carbocycles. The molecule has 1 aromatic carbocycles. The van der Waals surface area contributed by atoms with E-state index in [4.69, 9.17) is 14.6 Å². The fraction of sp³-hybridized carbons (Fsp3) is 0.381. The standard InChI is InChI=1S/C19H17F6N3O2.C2HF3O2/c1-11(18(20,21)22)27-16(29)28-17(8-10-30-14-3-2-9-26-15(14)17)12-4-6-13(7-5-12)19(23,24)25;3-2(4,5)1(6)7/h2-7,9,11H,8,10H2,1H3,(H2,27,28,29);(H,6,7). The van der Waals surface area contributed by atoms with Crippen molar-refractivity contribution >= 4 is 12.0 Å². The summed E-state index contributed by atoms with van der Waals surface area (Å²) in [6.07, 6.45) is -12.9. The Labute approximate surface area is 202 Å². The van der Waals surface area contributed by atoms with Crippen LogP contribution < -0.4 is 15.4 Å². The number of benzene rings is 1. The van der Waals surface area contributed by atoms with Crippen LogP contribution in [0.2, 0.25) is 0 Å². The number of halogens is 9. The Morgan fingerprint density at radius 3 is 2.08 bits per heavy atom. The number of alkyl halides is 9. The number of hydrogen-bond acceptors (Lipinski definition) is 4. The number of carbonyl (C=O) groups excluding carboxylic acids is 1. The molecular formula is C21H18F9N3O4. The van der Waals surface area contributed by atoms with Crippen LogP contribution in [0.4, 0.5) is 44.3 Å². The van der Waals surface area contributed by atoms with Gasteiger partial charge in [-0.1, -0.05) is 12.1 Å². The summed E-state index contributed by atoms with van der Waals surface area (Å²) in [5.41, 5.74) is -1.96. The molecule has 3 rings (SSSR count). The SMILES string of the molecule is CC(NC(=O)NC1(c2ccc(C(F)(F)F)cc2)CCOc2cccnc21)C(F)(F)F.O=C(O)C(F)(F)F. The lowest BCUT2D eigenvalue weighted by atomic mass is 9.81. The fourth-order valence-corrected chi connectivity index (χ4v) is 3.19. The predicted molar refractivity (Wildman–Crippen MR) is 107 cm³/mol. The van der Waals surface area contributed by atoms with Crippen molar-refractivity contribution in [3.05, 3.63) is 59.4 Å². The van der Waals surface area contributed by atoms with Crippen LogP contribution in [0.1, 0.15) is 30.2 Å². The van der Waals surface area contributed by atoms with Crippen molar-refractivity contribution in [2.24, 2.45) is 0 Å². The van der Waals surface area contributed by atoms with Gasteiger partial charge in [0.1, 0.15) is 23.0 Å². The molecule has 7 nitrogen and oxygen atoms in total. The Balaban J connectivity index is 0.000000604. The maximum Gasteiger partial charge on any atom is 0.490 e. The van der Waals surface area contributed by atoms with E-state index in [0.717, 1.165) is 19.1 Å². The second-order valence-corrected chi connectivity index (χ2v) is 7.59. The first-order valence-electron chi connectivity index (χ1n) is 10.1. The van der Waals surface area contributed by atoms with Gasteiger partial charge in [0, 0.05) is 12.6 Å². The van der Waals surface area contributed by atoms with Gasteiger partial charge >= 0.3 is 30.5 Å². The van der Waals surface area contributed by atoms with E-state index < -0.39 is 47.7 Å². The average Bonchev–Trinajstić information content (AvgIpc) is 2.78. The summed E-state index contributed by atoms with van der Waals surface area (Å²) in [4.78, 5) is 25.5. The predicted octanol–water partition coefficient (Wildman–Crippen LogP) is 5.01. The lowest BCUT2D eigenvalue weighted by Crippen LogP contribution is -2.56. The number of aromatic nitrogens is 1. The normalized spacial score (nSPS) is 18.3. The van der Waals surface area contributed by atoms with Gasteiger partial charge in [-0.3, -0.25) is 4.98 Å². The average molecular weight is 547 g/mol. The van der Waals surface area contributed by atoms with Gasteiger partial charge in [0.25, 0.3) is 0 Å². The molecule has 1 aliphatic heterocycles. The quantitative estimate of drug-likeness (QED) is 0.470. The Hall–Kier alpha value is -3.72. The smallest absolute Gasteiger partial charge is 0.490 e. The molecule has 37 heavy (non-hydrogen) atoms. The maximum absolute atomic E-state index is 12.9. The van der Waals surface area contributed by atoms with Gasteiger partial charge in [-0.25, -0.2) is 9.59 Å². The highest BCUT2D eigenvalue weighted by Crippen LogP contribution is 2.41. The molecule has 0 aliphatic carbocycles. The molecule has 0 radical (unpaired) electrons. The third-order valence-electron chi connectivity index (χ3n) is 5.02. The van der Waals surface area contributed by atoms with Crippen LogP contribution in [0.15, 0.2) is 42.6 Å². The van der Waals surface area contributed by atoms with Crippen molar-refractivity contribution in [2.75, 3.05) is 6.61 Å². The number of hydrogen-bond donors (Lipinski definition) is 3. The first kappa shape index (κ1) is 29.5. The summed E-state index contributed by atoms with van der Waals surface area (Å²) in [5.74, 6) is -2.49. The first-order valence-corrected chi connectivity index (χ1v) is 10.1. The van der Waals surface area contributed by atoms with E-state index >= 15 is 0 Å². The van der Waals surface area contributed by atoms with E-state index in [2.05, 4.69) is 10.3 Å². The number of carboxylic acid groups (broad SMARTS) is 1. The van der Waals surface area contributed by atoms with Crippen molar-refractivity contribution in [1.29, 1.82) is 0 Å². The van der Waals surface area contributed by atoms with E-state index in [9.17, 15) is 44.3 Å². The van der Waals surface area contributed by atoms with E-state index in [-0.39, 0.29) is 30.0 Å². The molecule has 1 aliphatic rings. The van der Waals surface area contributed by atoms with Crippen molar-refractivity contribution in [1.82, 2.24) is 15.6 Å². The summed E-state index contributed by atoms with van der Waals surface area (Å²) in [6.45, 7) is 0.843. The summed E-state index contributed by atoms with van der Waals surface area (Å²) in [7, 11) is 0. The van der Waals surface area contributed by atoms with E-state index in [0.29, 0.717) is 0 Å². The molecule has 3 N–H and O–H groups in total. The van der Waals surface area contributed by atoms with Crippen LogP contribution in [0.5, 0.6) is 5.75 Å². The van der Waals surface area contributed by atoms with Gasteiger partial charge in [-0.2, -0.15) is 39.5 Å². The van der Waals surface area contributed by atoms with Crippen LogP contribution in [0, 0.1) is 0 Å². The van der Waals surface area contributed by atoms with E-state index in [1.54, 1.807) is 17.4 Å². The highest BCUT2D eigenvalue weighted by molar-refractivity contribution is 5.76. The van der Waals surface area contributed by atoms with E-state index in [1.807, 2.05) is 0 Å². The van der Waals surface area contributed by atoms with Crippen LogP contribution in [-0.2, 0) is 16.5 Å². The number of nitrogens with one attached hydrogen (secondary N) is 2. The highest BCUT2D eigenvalue weighted by Gasteiger charge is 2.44. The number of rotatable bonds is 3. The second-order valence-electron chi connectivity index (χ2n) is 7.59. The largest absolute Gasteiger partial charge is 0.491 e. The molecule has 0 bridgehead atoms. The van der Waals surface area contributed by atoms with Crippen molar-refractivity contribution in [3.8, 4) is 5.75 Å². The van der Waals surface area contributed by atoms with E-state index in [1.165, 1.54) is 18.3 Å². The highest BCUT2D eigenvalue weighted by atomic mass is 19.4. The minimum atomic E-state index is -5.08. The molecule has 204 valence electrons. The minimum Gasteiger partial charge on any atom is -0.491 e. The fourth-order valence-electron chi connectivity index (χ4n) is 3.19. The summed E-state index contributed by atoms with van der Waals surface area (Å²) < 4.78 is 115. The molecule has 16 heteroatoms. The molecule has 2 aromatic rings. The second kappa shape index (κ2) is 10.7. The molecule has 2 atom stereocenters. The zero-order chi connectivity index (χ0) is 28.2. The lowest BCUT2D eigenvalue weighted by molar-refractivity contribution is -0.192.